The van der Waals surface area contributed by atoms with Crippen molar-refractivity contribution in [1.29, 1.82) is 0 Å². The lowest BCUT2D eigenvalue weighted by Gasteiger charge is -2.09. The van der Waals surface area contributed by atoms with Crippen molar-refractivity contribution in [3.8, 4) is 17.1 Å². The summed E-state index contributed by atoms with van der Waals surface area (Å²) < 4.78 is 41.8. The van der Waals surface area contributed by atoms with Gasteiger partial charge in [-0.25, -0.2) is 4.98 Å². The quantitative estimate of drug-likeness (QED) is 0.787. The Labute approximate surface area is 140 Å². The maximum absolute atomic E-state index is 12.9. The van der Waals surface area contributed by atoms with Gasteiger partial charge in [0, 0.05) is 31.2 Å². The summed E-state index contributed by atoms with van der Waals surface area (Å²) >= 11 is 0. The van der Waals surface area contributed by atoms with Crippen molar-refractivity contribution in [3.05, 3.63) is 54.6 Å². The number of nitrogens with one attached hydrogen (secondary N) is 1. The first-order chi connectivity index (χ1) is 11.9. The molecule has 0 aliphatic rings. The van der Waals surface area contributed by atoms with E-state index in [-0.39, 0.29) is 12.5 Å². The molecule has 2 aromatic heterocycles. The van der Waals surface area contributed by atoms with Crippen LogP contribution in [-0.2, 0) is 17.5 Å². The Morgan fingerprint density at radius 1 is 1.32 bits per heavy atom. The predicted molar refractivity (Wildman–Crippen MR) is 83.9 cm³/mol. The van der Waals surface area contributed by atoms with Gasteiger partial charge in [0.15, 0.2) is 0 Å². The summed E-state index contributed by atoms with van der Waals surface area (Å²) in [4.78, 5) is 15.6. The minimum absolute atomic E-state index is 0.0457. The highest BCUT2D eigenvalue weighted by Crippen LogP contribution is 2.32. The summed E-state index contributed by atoms with van der Waals surface area (Å²) in [5.41, 5.74) is 0.183. The van der Waals surface area contributed by atoms with Gasteiger partial charge in [0.2, 0.25) is 5.91 Å². The van der Waals surface area contributed by atoms with Crippen molar-refractivity contribution in [2.24, 2.45) is 0 Å². The van der Waals surface area contributed by atoms with Gasteiger partial charge in [-0.05, 0) is 12.1 Å². The molecule has 0 atom stereocenters. The van der Waals surface area contributed by atoms with E-state index in [1.807, 2.05) is 0 Å². The van der Waals surface area contributed by atoms with Crippen LogP contribution in [0.3, 0.4) is 0 Å². The van der Waals surface area contributed by atoms with Gasteiger partial charge in [-0.2, -0.15) is 18.3 Å². The lowest BCUT2D eigenvalue weighted by molar-refractivity contribution is -0.137. The molecule has 0 radical (unpaired) electrons. The van der Waals surface area contributed by atoms with E-state index < -0.39 is 11.7 Å². The van der Waals surface area contributed by atoms with Crippen LogP contribution in [0.4, 0.5) is 13.2 Å². The van der Waals surface area contributed by atoms with Crippen LogP contribution in [0, 0.1) is 0 Å². The average molecular weight is 349 g/mol. The van der Waals surface area contributed by atoms with E-state index in [0.717, 1.165) is 12.1 Å². The van der Waals surface area contributed by atoms with Crippen LogP contribution in [0.1, 0.15) is 5.56 Å². The normalized spacial score (nSPS) is 11.5. The molecule has 0 aliphatic carbocycles. The molecule has 0 unspecified atom stereocenters. The fraction of sp³-hybridized carbons (Fsp3) is 0.188. The summed E-state index contributed by atoms with van der Waals surface area (Å²) in [5, 5.41) is 6.57. The molecule has 9 heteroatoms. The maximum atomic E-state index is 12.9. The summed E-state index contributed by atoms with van der Waals surface area (Å²) in [7, 11) is 1.52. The first-order valence-corrected chi connectivity index (χ1v) is 7.33. The Kier molecular flexibility index (Phi) is 4.30. The van der Waals surface area contributed by atoms with Crippen LogP contribution >= 0.6 is 0 Å². The number of benzene rings is 1. The van der Waals surface area contributed by atoms with Gasteiger partial charge >= 0.3 is 6.18 Å². The van der Waals surface area contributed by atoms with Crippen molar-refractivity contribution in [1.82, 2.24) is 24.6 Å². The average Bonchev–Trinajstić information content (AvgIpc) is 3.22. The highest BCUT2D eigenvalue weighted by molar-refractivity contribution is 5.75. The fourth-order valence-electron chi connectivity index (χ4n) is 2.35. The molecule has 3 aromatic rings. The van der Waals surface area contributed by atoms with Gasteiger partial charge in [-0.3, -0.25) is 14.0 Å². The number of alkyl halides is 3. The van der Waals surface area contributed by atoms with E-state index in [1.54, 1.807) is 23.0 Å². The van der Waals surface area contributed by atoms with E-state index in [2.05, 4.69) is 15.4 Å². The van der Waals surface area contributed by atoms with Crippen LogP contribution < -0.4 is 5.32 Å². The molecule has 0 spiro atoms. The molecular formula is C16H14F3N5O. The molecule has 0 bridgehead atoms. The van der Waals surface area contributed by atoms with Gasteiger partial charge in [0.25, 0.3) is 0 Å². The van der Waals surface area contributed by atoms with Crippen LogP contribution in [0.5, 0.6) is 0 Å². The second kappa shape index (κ2) is 6.42. The number of amides is 1. The van der Waals surface area contributed by atoms with Gasteiger partial charge in [0.05, 0.1) is 17.4 Å². The van der Waals surface area contributed by atoms with Crippen molar-refractivity contribution < 1.29 is 18.0 Å². The zero-order valence-corrected chi connectivity index (χ0v) is 13.2. The van der Waals surface area contributed by atoms with E-state index in [9.17, 15) is 18.0 Å². The van der Waals surface area contributed by atoms with Crippen LogP contribution in [0.25, 0.3) is 17.1 Å². The number of carbonyl (C=O) groups is 1. The topological polar surface area (TPSA) is 64.7 Å². The number of nitrogens with zero attached hydrogens (tertiary/aromatic N) is 4. The summed E-state index contributed by atoms with van der Waals surface area (Å²) in [6.45, 7) is 0.0457. The SMILES string of the molecule is CNC(=O)Cn1cc(-n2ccnc2-c2cccc(C(F)(F)F)c2)cn1. The number of hydrogen-bond acceptors (Lipinski definition) is 3. The summed E-state index contributed by atoms with van der Waals surface area (Å²) in [6.07, 6.45) is 1.82. The Morgan fingerprint density at radius 3 is 2.84 bits per heavy atom. The molecule has 130 valence electrons. The van der Waals surface area contributed by atoms with Crippen LogP contribution in [0.15, 0.2) is 49.1 Å². The lowest BCUT2D eigenvalue weighted by Crippen LogP contribution is -2.23. The second-order valence-corrected chi connectivity index (χ2v) is 5.27. The zero-order valence-electron chi connectivity index (χ0n) is 13.2. The molecule has 6 nitrogen and oxygen atoms in total. The van der Waals surface area contributed by atoms with Gasteiger partial charge in [-0.15, -0.1) is 0 Å². The minimum Gasteiger partial charge on any atom is -0.358 e. The van der Waals surface area contributed by atoms with Crippen molar-refractivity contribution in [2.45, 2.75) is 12.7 Å². The summed E-state index contributed by atoms with van der Waals surface area (Å²) in [6, 6.07) is 4.96. The van der Waals surface area contributed by atoms with Crippen molar-refractivity contribution in [2.75, 3.05) is 7.05 Å². The molecule has 2 heterocycles. The second-order valence-electron chi connectivity index (χ2n) is 5.27. The molecule has 0 saturated carbocycles. The Bertz CT molecular complexity index is 897. The monoisotopic (exact) mass is 349 g/mol. The highest BCUT2D eigenvalue weighted by Gasteiger charge is 2.30. The predicted octanol–water partition coefficient (Wildman–Crippen LogP) is 2.50. The molecule has 1 amide bonds. The zero-order chi connectivity index (χ0) is 18.0. The molecule has 0 aliphatic heterocycles. The fourth-order valence-corrected chi connectivity index (χ4v) is 2.35. The number of imidazole rings is 1. The third-order valence-corrected chi connectivity index (χ3v) is 3.57. The molecule has 0 saturated heterocycles. The number of carbonyl (C=O) groups excluding carboxylic acids is 1. The molecule has 1 aromatic carbocycles. The third kappa shape index (κ3) is 3.54. The third-order valence-electron chi connectivity index (χ3n) is 3.57. The molecule has 1 N–H and O–H groups in total. The first kappa shape index (κ1) is 16.7. The number of rotatable bonds is 4. The van der Waals surface area contributed by atoms with E-state index in [0.29, 0.717) is 17.1 Å². The largest absolute Gasteiger partial charge is 0.416 e. The Morgan fingerprint density at radius 2 is 2.12 bits per heavy atom. The number of likely N-dealkylation sites (N-methyl/N-ethyl adjacent to an activating group) is 1. The standard InChI is InChI=1S/C16H14F3N5O/c1-20-14(25)10-23-9-13(8-22-23)24-6-5-21-15(24)11-3-2-4-12(7-11)16(17,18)19/h2-9H,10H2,1H3,(H,20,25). The Balaban J connectivity index is 1.95. The first-order valence-electron chi connectivity index (χ1n) is 7.33. The smallest absolute Gasteiger partial charge is 0.358 e. The Hall–Kier alpha value is -3.10. The van der Waals surface area contributed by atoms with Crippen molar-refractivity contribution in [3.63, 3.8) is 0 Å². The molecular weight excluding hydrogens is 335 g/mol. The maximum Gasteiger partial charge on any atom is 0.416 e. The summed E-state index contributed by atoms with van der Waals surface area (Å²) in [5.74, 6) is 0.143. The van der Waals surface area contributed by atoms with Crippen LogP contribution in [-0.4, -0.2) is 32.3 Å². The van der Waals surface area contributed by atoms with E-state index in [4.69, 9.17) is 0 Å². The molecule has 3 rings (SSSR count). The highest BCUT2D eigenvalue weighted by atomic mass is 19.4. The van der Waals surface area contributed by atoms with Gasteiger partial charge in [0.1, 0.15) is 12.4 Å². The van der Waals surface area contributed by atoms with Gasteiger partial charge in [-0.1, -0.05) is 12.1 Å². The van der Waals surface area contributed by atoms with Crippen molar-refractivity contribution >= 4 is 5.91 Å². The molecule has 0 fully saturated rings. The minimum atomic E-state index is -4.42. The van der Waals surface area contributed by atoms with E-state index in [1.165, 1.54) is 30.2 Å². The van der Waals surface area contributed by atoms with E-state index >= 15 is 0 Å². The number of halogens is 3. The number of aromatic nitrogens is 4. The number of hydrogen-bond donors (Lipinski definition) is 1. The lowest BCUT2D eigenvalue weighted by atomic mass is 10.1. The van der Waals surface area contributed by atoms with Crippen LogP contribution in [0.2, 0.25) is 0 Å². The molecule has 25 heavy (non-hydrogen) atoms. The van der Waals surface area contributed by atoms with Gasteiger partial charge < -0.3 is 5.32 Å².